The largest absolute Gasteiger partial charge is 0.336 e. The van der Waals surface area contributed by atoms with Gasteiger partial charge in [0.25, 0.3) is 0 Å². The van der Waals surface area contributed by atoms with E-state index in [-0.39, 0.29) is 29.4 Å². The van der Waals surface area contributed by atoms with Crippen molar-refractivity contribution >= 4 is 21.7 Å². The van der Waals surface area contributed by atoms with Gasteiger partial charge in [-0.2, -0.15) is 0 Å². The number of nitrogens with zero attached hydrogens (tertiary/aromatic N) is 2. The highest BCUT2D eigenvalue weighted by molar-refractivity contribution is 7.89. The third-order valence-electron chi connectivity index (χ3n) is 5.42. The van der Waals surface area contributed by atoms with Crippen LogP contribution in [0.25, 0.3) is 0 Å². The van der Waals surface area contributed by atoms with Gasteiger partial charge in [0.1, 0.15) is 4.90 Å². The second-order valence-electron chi connectivity index (χ2n) is 7.06. The van der Waals surface area contributed by atoms with Crippen LogP contribution in [0.2, 0.25) is 0 Å². The number of benzene rings is 1. The van der Waals surface area contributed by atoms with Crippen molar-refractivity contribution in [3.8, 4) is 0 Å². The molecule has 7 nitrogen and oxygen atoms in total. The van der Waals surface area contributed by atoms with E-state index in [0.29, 0.717) is 6.54 Å². The summed E-state index contributed by atoms with van der Waals surface area (Å²) in [6.45, 7) is 1.02. The Morgan fingerprint density at radius 1 is 1.15 bits per heavy atom. The lowest BCUT2D eigenvalue weighted by atomic mass is 9.66. The SMILES string of the molecule is O=C(NCCNS(=O)(=O)c1cccnc1)N1CC2(CCC2)c2ccccc21. The normalized spacial score (nSPS) is 17.4. The molecule has 0 atom stereocenters. The number of urea groups is 1. The summed E-state index contributed by atoms with van der Waals surface area (Å²) in [6, 6.07) is 10.9. The minimum Gasteiger partial charge on any atom is -0.336 e. The number of sulfonamides is 1. The molecular formula is C19H22N4O3S. The number of hydrogen-bond acceptors (Lipinski definition) is 4. The van der Waals surface area contributed by atoms with Crippen LogP contribution in [0.3, 0.4) is 0 Å². The molecule has 1 aliphatic carbocycles. The molecule has 1 aliphatic heterocycles. The number of fused-ring (bicyclic) bond motifs is 2. The van der Waals surface area contributed by atoms with Crippen molar-refractivity contribution in [3.63, 3.8) is 0 Å². The van der Waals surface area contributed by atoms with Crippen molar-refractivity contribution in [2.75, 3.05) is 24.5 Å². The van der Waals surface area contributed by atoms with Crippen LogP contribution >= 0.6 is 0 Å². The lowest BCUT2D eigenvalue weighted by molar-refractivity contribution is 0.236. The quantitative estimate of drug-likeness (QED) is 0.769. The Kier molecular flexibility index (Phi) is 4.61. The summed E-state index contributed by atoms with van der Waals surface area (Å²) >= 11 is 0. The molecule has 4 rings (SSSR count). The van der Waals surface area contributed by atoms with E-state index in [1.807, 2.05) is 18.2 Å². The third-order valence-corrected chi connectivity index (χ3v) is 6.87. The van der Waals surface area contributed by atoms with Crippen molar-refractivity contribution in [1.29, 1.82) is 0 Å². The number of amides is 2. The fraction of sp³-hybridized carbons (Fsp3) is 0.368. The molecule has 0 radical (unpaired) electrons. The Morgan fingerprint density at radius 2 is 1.96 bits per heavy atom. The number of rotatable bonds is 5. The van der Waals surface area contributed by atoms with Crippen LogP contribution in [0.15, 0.2) is 53.7 Å². The number of carbonyl (C=O) groups excluding carboxylic acids is 1. The van der Waals surface area contributed by atoms with Gasteiger partial charge in [0.05, 0.1) is 0 Å². The molecule has 1 fully saturated rings. The van der Waals surface area contributed by atoms with E-state index in [9.17, 15) is 13.2 Å². The molecule has 1 saturated carbocycles. The minimum atomic E-state index is -3.62. The molecule has 2 heterocycles. The van der Waals surface area contributed by atoms with Gasteiger partial charge in [-0.15, -0.1) is 0 Å². The minimum absolute atomic E-state index is 0.107. The summed E-state index contributed by atoms with van der Waals surface area (Å²) in [6.07, 6.45) is 6.22. The van der Waals surface area contributed by atoms with Crippen LogP contribution in [-0.4, -0.2) is 39.1 Å². The standard InChI is InChI=1S/C19H22N4O3S/c24-18(21-11-12-22-27(25,26)15-5-3-10-20-13-15)23-14-19(8-4-9-19)16-6-1-2-7-17(16)23/h1-3,5-7,10,13,22H,4,8-9,11-12,14H2,(H,21,24). The van der Waals surface area contributed by atoms with Crippen molar-refractivity contribution < 1.29 is 13.2 Å². The van der Waals surface area contributed by atoms with Crippen LogP contribution < -0.4 is 14.9 Å². The maximum atomic E-state index is 12.7. The predicted molar refractivity (Wildman–Crippen MR) is 102 cm³/mol. The van der Waals surface area contributed by atoms with Gasteiger partial charge in [-0.25, -0.2) is 17.9 Å². The van der Waals surface area contributed by atoms with E-state index in [1.165, 1.54) is 30.4 Å². The van der Waals surface area contributed by atoms with Crippen LogP contribution in [0.5, 0.6) is 0 Å². The molecule has 2 N–H and O–H groups in total. The van der Waals surface area contributed by atoms with Gasteiger partial charge in [-0.1, -0.05) is 24.6 Å². The Hall–Kier alpha value is -2.45. The molecule has 2 aromatic rings. The van der Waals surface area contributed by atoms with Crippen LogP contribution in [0, 0.1) is 0 Å². The summed E-state index contributed by atoms with van der Waals surface area (Å²) in [5.74, 6) is 0. The lowest BCUT2D eigenvalue weighted by Gasteiger charge is -2.38. The number of anilines is 1. The zero-order valence-electron chi connectivity index (χ0n) is 14.9. The summed E-state index contributed by atoms with van der Waals surface area (Å²) in [5, 5.41) is 2.82. The summed E-state index contributed by atoms with van der Waals surface area (Å²) < 4.78 is 26.8. The number of pyridine rings is 1. The number of para-hydroxylation sites is 1. The topological polar surface area (TPSA) is 91.4 Å². The average Bonchev–Trinajstić information content (AvgIpc) is 3.02. The maximum Gasteiger partial charge on any atom is 0.321 e. The van der Waals surface area contributed by atoms with Gasteiger partial charge in [-0.3, -0.25) is 9.88 Å². The molecule has 27 heavy (non-hydrogen) atoms. The van der Waals surface area contributed by atoms with Gasteiger partial charge < -0.3 is 5.32 Å². The highest BCUT2D eigenvalue weighted by Crippen LogP contribution is 2.52. The first-order valence-corrected chi connectivity index (χ1v) is 10.5. The Morgan fingerprint density at radius 3 is 2.67 bits per heavy atom. The average molecular weight is 386 g/mol. The second-order valence-corrected chi connectivity index (χ2v) is 8.82. The van der Waals surface area contributed by atoms with E-state index in [0.717, 1.165) is 18.5 Å². The molecule has 2 aliphatic rings. The lowest BCUT2D eigenvalue weighted by Crippen LogP contribution is -2.46. The van der Waals surface area contributed by atoms with Gasteiger partial charge in [0.2, 0.25) is 10.0 Å². The van der Waals surface area contributed by atoms with Crippen molar-refractivity contribution in [3.05, 3.63) is 54.4 Å². The molecule has 0 bridgehead atoms. The molecule has 0 unspecified atom stereocenters. The van der Waals surface area contributed by atoms with Crippen molar-refractivity contribution in [1.82, 2.24) is 15.0 Å². The first kappa shape index (κ1) is 17.9. The van der Waals surface area contributed by atoms with E-state index in [4.69, 9.17) is 0 Å². The zero-order chi connectivity index (χ0) is 18.9. The summed E-state index contributed by atoms with van der Waals surface area (Å²) in [5.41, 5.74) is 2.32. The van der Waals surface area contributed by atoms with Gasteiger partial charge in [0.15, 0.2) is 0 Å². The van der Waals surface area contributed by atoms with E-state index < -0.39 is 10.0 Å². The zero-order valence-corrected chi connectivity index (χ0v) is 15.7. The van der Waals surface area contributed by atoms with E-state index in [1.54, 1.807) is 11.0 Å². The van der Waals surface area contributed by atoms with Gasteiger partial charge in [-0.05, 0) is 36.6 Å². The fourth-order valence-electron chi connectivity index (χ4n) is 3.88. The van der Waals surface area contributed by atoms with Crippen molar-refractivity contribution in [2.24, 2.45) is 0 Å². The monoisotopic (exact) mass is 386 g/mol. The summed E-state index contributed by atoms with van der Waals surface area (Å²) in [4.78, 5) is 18.4. The van der Waals surface area contributed by atoms with E-state index >= 15 is 0 Å². The molecule has 8 heteroatoms. The Bertz CT molecular complexity index is 942. The van der Waals surface area contributed by atoms with Crippen LogP contribution in [0.4, 0.5) is 10.5 Å². The molecule has 0 saturated heterocycles. The predicted octanol–water partition coefficient (Wildman–Crippen LogP) is 2.01. The highest BCUT2D eigenvalue weighted by Gasteiger charge is 2.48. The Labute approximate surface area is 158 Å². The Balaban J connectivity index is 1.34. The molecule has 1 spiro atoms. The third kappa shape index (κ3) is 3.30. The number of hydrogen-bond donors (Lipinski definition) is 2. The number of aromatic nitrogens is 1. The molecule has 2 amide bonds. The highest BCUT2D eigenvalue weighted by atomic mass is 32.2. The first-order valence-electron chi connectivity index (χ1n) is 9.06. The number of nitrogens with one attached hydrogen (secondary N) is 2. The van der Waals surface area contributed by atoms with Gasteiger partial charge in [0, 0.05) is 43.1 Å². The van der Waals surface area contributed by atoms with Crippen LogP contribution in [0.1, 0.15) is 24.8 Å². The maximum absolute atomic E-state index is 12.7. The van der Waals surface area contributed by atoms with Crippen molar-refractivity contribution in [2.45, 2.75) is 29.6 Å². The summed E-state index contributed by atoms with van der Waals surface area (Å²) in [7, 11) is -3.62. The molecule has 1 aromatic heterocycles. The van der Waals surface area contributed by atoms with E-state index in [2.05, 4.69) is 21.1 Å². The number of carbonyl (C=O) groups is 1. The van der Waals surface area contributed by atoms with Gasteiger partial charge >= 0.3 is 6.03 Å². The molecule has 1 aromatic carbocycles. The molecular weight excluding hydrogens is 364 g/mol. The molecule has 142 valence electrons. The smallest absolute Gasteiger partial charge is 0.321 e. The first-order chi connectivity index (χ1) is 13.0. The second kappa shape index (κ2) is 6.94. The van der Waals surface area contributed by atoms with Crippen LogP contribution in [-0.2, 0) is 15.4 Å². The fourth-order valence-corrected chi connectivity index (χ4v) is 4.88.